The Morgan fingerprint density at radius 2 is 2.33 bits per heavy atom. The second kappa shape index (κ2) is 5.44. The van der Waals surface area contributed by atoms with Crippen molar-refractivity contribution in [2.75, 3.05) is 19.7 Å². The molecule has 0 aliphatic carbocycles. The number of piperidine rings is 1. The average molecular weight is 288 g/mol. The smallest absolute Gasteiger partial charge is 0.255 e. The van der Waals surface area contributed by atoms with Gasteiger partial charge >= 0.3 is 0 Å². The zero-order valence-electron chi connectivity index (χ0n) is 12.4. The summed E-state index contributed by atoms with van der Waals surface area (Å²) in [5.74, 6) is 0.185. The third-order valence-electron chi connectivity index (χ3n) is 4.17. The molecular formula is C15H20N4O2. The first-order valence-electron chi connectivity index (χ1n) is 7.29. The number of pyridine rings is 1. The van der Waals surface area contributed by atoms with E-state index in [9.17, 15) is 9.90 Å². The first kappa shape index (κ1) is 14.0. The molecule has 6 heteroatoms. The fourth-order valence-corrected chi connectivity index (χ4v) is 3.01. The molecule has 1 N–H and O–H groups in total. The number of aliphatic hydroxyl groups is 1. The van der Waals surface area contributed by atoms with Crippen molar-refractivity contribution in [3.8, 4) is 0 Å². The van der Waals surface area contributed by atoms with Crippen molar-refractivity contribution in [2.45, 2.75) is 19.8 Å². The summed E-state index contributed by atoms with van der Waals surface area (Å²) in [4.78, 5) is 18.8. The first-order chi connectivity index (χ1) is 10.1. The lowest BCUT2D eigenvalue weighted by molar-refractivity contribution is 0.0620. The van der Waals surface area contributed by atoms with Gasteiger partial charge in [-0.3, -0.25) is 9.48 Å². The van der Waals surface area contributed by atoms with Crippen molar-refractivity contribution in [2.24, 2.45) is 13.0 Å². The van der Waals surface area contributed by atoms with E-state index in [1.54, 1.807) is 10.9 Å². The number of hydrogen-bond donors (Lipinski definition) is 1. The molecule has 1 aliphatic rings. The number of fused-ring (bicyclic) bond motifs is 1. The van der Waals surface area contributed by atoms with Gasteiger partial charge < -0.3 is 10.0 Å². The third kappa shape index (κ3) is 2.51. The fraction of sp³-hybridized carbons (Fsp3) is 0.533. The van der Waals surface area contributed by atoms with Gasteiger partial charge in [-0.15, -0.1) is 0 Å². The summed E-state index contributed by atoms with van der Waals surface area (Å²) >= 11 is 0. The minimum Gasteiger partial charge on any atom is -0.396 e. The van der Waals surface area contributed by atoms with Crippen LogP contribution in [0.15, 0.2) is 12.3 Å². The molecule has 0 bridgehead atoms. The van der Waals surface area contributed by atoms with Crippen molar-refractivity contribution < 1.29 is 9.90 Å². The molecule has 0 aromatic carbocycles. The third-order valence-corrected chi connectivity index (χ3v) is 4.17. The minimum absolute atomic E-state index is 0.00852. The number of carbonyl (C=O) groups is 1. The zero-order chi connectivity index (χ0) is 15.0. The molecule has 1 aliphatic heterocycles. The summed E-state index contributed by atoms with van der Waals surface area (Å²) in [7, 11) is 1.85. The van der Waals surface area contributed by atoms with Crippen molar-refractivity contribution in [3.05, 3.63) is 23.5 Å². The van der Waals surface area contributed by atoms with Crippen molar-refractivity contribution in [1.29, 1.82) is 0 Å². The SMILES string of the molecule is Cc1nn(C)c2ncc(C(=O)N3CCCC(CO)C3)cc12. The monoisotopic (exact) mass is 288 g/mol. The minimum atomic E-state index is -0.00852. The van der Waals surface area contributed by atoms with Crippen LogP contribution in [-0.2, 0) is 7.05 Å². The van der Waals surface area contributed by atoms with E-state index in [1.807, 2.05) is 24.9 Å². The Bertz CT molecular complexity index is 680. The Balaban J connectivity index is 1.89. The van der Waals surface area contributed by atoms with Gasteiger partial charge in [-0.1, -0.05) is 0 Å². The van der Waals surface area contributed by atoms with Gasteiger partial charge in [0, 0.05) is 38.3 Å². The molecule has 3 heterocycles. The maximum atomic E-state index is 12.6. The van der Waals surface area contributed by atoms with Crippen LogP contribution >= 0.6 is 0 Å². The van der Waals surface area contributed by atoms with Crippen LogP contribution in [0.3, 0.4) is 0 Å². The van der Waals surface area contributed by atoms with Gasteiger partial charge in [0.2, 0.25) is 0 Å². The highest BCUT2D eigenvalue weighted by molar-refractivity contribution is 5.97. The molecule has 2 aromatic rings. The molecule has 1 fully saturated rings. The van der Waals surface area contributed by atoms with E-state index in [2.05, 4.69) is 10.1 Å². The maximum Gasteiger partial charge on any atom is 0.255 e. The Kier molecular flexibility index (Phi) is 3.63. The lowest BCUT2D eigenvalue weighted by Gasteiger charge is -2.31. The molecule has 0 saturated carbocycles. The standard InChI is InChI=1S/C15H20N4O2/c1-10-13-6-12(7-16-14(13)18(2)17-10)15(21)19-5-3-4-11(8-19)9-20/h6-7,11,20H,3-5,8-9H2,1-2H3. The Morgan fingerprint density at radius 1 is 1.52 bits per heavy atom. The second-order valence-corrected chi connectivity index (χ2v) is 5.75. The van der Waals surface area contributed by atoms with E-state index in [0.29, 0.717) is 12.1 Å². The van der Waals surface area contributed by atoms with Gasteiger partial charge in [-0.05, 0) is 31.7 Å². The number of aromatic nitrogens is 3. The van der Waals surface area contributed by atoms with Crippen LogP contribution in [0.25, 0.3) is 11.0 Å². The van der Waals surface area contributed by atoms with Crippen LogP contribution in [0.5, 0.6) is 0 Å². The molecule has 1 amide bonds. The van der Waals surface area contributed by atoms with Gasteiger partial charge in [0.1, 0.15) is 0 Å². The number of nitrogens with zero attached hydrogens (tertiary/aromatic N) is 4. The van der Waals surface area contributed by atoms with E-state index in [-0.39, 0.29) is 18.4 Å². The number of carbonyl (C=O) groups excluding carboxylic acids is 1. The van der Waals surface area contributed by atoms with Gasteiger partial charge in [-0.2, -0.15) is 5.10 Å². The maximum absolute atomic E-state index is 12.6. The predicted octanol–water partition coefficient (Wildman–Crippen LogP) is 1.12. The molecule has 1 unspecified atom stereocenters. The molecule has 6 nitrogen and oxygen atoms in total. The van der Waals surface area contributed by atoms with Crippen LogP contribution in [0.4, 0.5) is 0 Å². The zero-order valence-corrected chi connectivity index (χ0v) is 12.4. The van der Waals surface area contributed by atoms with E-state index in [1.165, 1.54) is 0 Å². The number of aryl methyl sites for hydroxylation is 2. The number of amides is 1. The normalized spacial score (nSPS) is 19.2. The highest BCUT2D eigenvalue weighted by Gasteiger charge is 2.24. The van der Waals surface area contributed by atoms with E-state index in [0.717, 1.165) is 36.1 Å². The topological polar surface area (TPSA) is 71.2 Å². The molecule has 21 heavy (non-hydrogen) atoms. The highest BCUT2D eigenvalue weighted by atomic mass is 16.3. The molecular weight excluding hydrogens is 268 g/mol. The predicted molar refractivity (Wildman–Crippen MR) is 79.0 cm³/mol. The lowest BCUT2D eigenvalue weighted by atomic mass is 9.98. The lowest BCUT2D eigenvalue weighted by Crippen LogP contribution is -2.41. The quantitative estimate of drug-likeness (QED) is 0.899. The van der Waals surface area contributed by atoms with Gasteiger partial charge in [-0.25, -0.2) is 4.98 Å². The number of hydrogen-bond acceptors (Lipinski definition) is 4. The summed E-state index contributed by atoms with van der Waals surface area (Å²) in [6.07, 6.45) is 3.55. The van der Waals surface area contributed by atoms with Gasteiger partial charge in [0.25, 0.3) is 5.91 Å². The average Bonchev–Trinajstić information content (AvgIpc) is 2.81. The molecule has 1 saturated heterocycles. The highest BCUT2D eigenvalue weighted by Crippen LogP contribution is 2.21. The molecule has 112 valence electrons. The number of aliphatic hydroxyl groups excluding tert-OH is 1. The van der Waals surface area contributed by atoms with Gasteiger partial charge in [0.15, 0.2) is 5.65 Å². The summed E-state index contributed by atoms with van der Waals surface area (Å²) in [5, 5.41) is 14.5. The van der Waals surface area contributed by atoms with Crippen molar-refractivity contribution >= 4 is 16.9 Å². The van der Waals surface area contributed by atoms with Crippen LogP contribution in [-0.4, -0.2) is 50.4 Å². The number of rotatable bonds is 2. The molecule has 3 rings (SSSR count). The second-order valence-electron chi connectivity index (χ2n) is 5.75. The summed E-state index contributed by atoms with van der Waals surface area (Å²) in [5.41, 5.74) is 2.26. The van der Waals surface area contributed by atoms with Crippen LogP contribution in [0.1, 0.15) is 28.9 Å². The largest absolute Gasteiger partial charge is 0.396 e. The Labute approximate surface area is 123 Å². The summed E-state index contributed by atoms with van der Waals surface area (Å²) in [6.45, 7) is 3.43. The molecule has 1 atom stereocenters. The number of likely N-dealkylation sites (tertiary alicyclic amines) is 1. The van der Waals surface area contributed by atoms with E-state index < -0.39 is 0 Å². The molecule has 0 spiro atoms. The Morgan fingerprint density at radius 3 is 3.10 bits per heavy atom. The summed E-state index contributed by atoms with van der Waals surface area (Å²) in [6, 6.07) is 1.87. The van der Waals surface area contributed by atoms with Crippen LogP contribution < -0.4 is 0 Å². The van der Waals surface area contributed by atoms with Gasteiger partial charge in [0.05, 0.1) is 11.3 Å². The summed E-state index contributed by atoms with van der Waals surface area (Å²) < 4.78 is 1.72. The Hall–Kier alpha value is -1.95. The first-order valence-corrected chi connectivity index (χ1v) is 7.29. The molecule has 0 radical (unpaired) electrons. The molecule has 2 aromatic heterocycles. The van der Waals surface area contributed by atoms with Crippen molar-refractivity contribution in [1.82, 2.24) is 19.7 Å². The van der Waals surface area contributed by atoms with Crippen molar-refractivity contribution in [3.63, 3.8) is 0 Å². The van der Waals surface area contributed by atoms with Crippen LogP contribution in [0.2, 0.25) is 0 Å². The van der Waals surface area contributed by atoms with E-state index >= 15 is 0 Å². The fourth-order valence-electron chi connectivity index (χ4n) is 3.01. The van der Waals surface area contributed by atoms with E-state index in [4.69, 9.17) is 0 Å². The van der Waals surface area contributed by atoms with Crippen LogP contribution in [0, 0.1) is 12.8 Å².